The highest BCUT2D eigenvalue weighted by Crippen LogP contribution is 2.18. The van der Waals surface area contributed by atoms with E-state index >= 15 is 0 Å². The summed E-state index contributed by atoms with van der Waals surface area (Å²) in [5.74, 6) is -0.413. The quantitative estimate of drug-likeness (QED) is 0.354. The number of carbonyl (C=O) groups excluding carboxylic acids is 1. The molecule has 0 spiro atoms. The molecule has 0 saturated heterocycles. The number of anilines is 1. The normalized spacial score (nSPS) is 11.2. The monoisotopic (exact) mass is 358 g/mol. The summed E-state index contributed by atoms with van der Waals surface area (Å²) in [6, 6.07) is 15.9. The molecule has 0 atom stereocenters. The predicted molar refractivity (Wildman–Crippen MR) is 108 cm³/mol. The van der Waals surface area contributed by atoms with Crippen LogP contribution >= 0.6 is 0 Å². The third kappa shape index (κ3) is 4.36. The fraction of sp³-hybridized carbons (Fsp3) is 0.182. The number of aromatic amines is 1. The van der Waals surface area contributed by atoms with Crippen LogP contribution in [0.25, 0.3) is 10.9 Å². The van der Waals surface area contributed by atoms with E-state index in [4.69, 9.17) is 0 Å². The number of nitrogens with one attached hydrogen (secondary N) is 3. The van der Waals surface area contributed by atoms with E-state index in [2.05, 4.69) is 21.7 Å². The minimum atomic E-state index is -0.413. The molecule has 3 N–H and O–H groups in total. The van der Waals surface area contributed by atoms with Gasteiger partial charge in [0.25, 0.3) is 5.91 Å². The second-order valence-corrected chi connectivity index (χ2v) is 6.51. The fourth-order valence-corrected chi connectivity index (χ4v) is 3.01. The first kappa shape index (κ1) is 18.3. The van der Waals surface area contributed by atoms with Crippen molar-refractivity contribution < 1.29 is 4.79 Å². The molecule has 27 heavy (non-hydrogen) atoms. The maximum Gasteiger partial charge on any atom is 0.267 e. The van der Waals surface area contributed by atoms with Crippen LogP contribution in [0.5, 0.6) is 0 Å². The first-order valence-corrected chi connectivity index (χ1v) is 8.85. The van der Waals surface area contributed by atoms with Crippen LogP contribution in [0.15, 0.2) is 60.4 Å². The van der Waals surface area contributed by atoms with Crippen molar-refractivity contribution in [3.63, 3.8) is 0 Å². The average Bonchev–Trinajstić information content (AvgIpc) is 3.07. The number of amides is 1. The molecular weight excluding hydrogens is 336 g/mol. The van der Waals surface area contributed by atoms with Gasteiger partial charge in [-0.05, 0) is 43.5 Å². The average molecular weight is 358 g/mol. The van der Waals surface area contributed by atoms with Gasteiger partial charge in [0.05, 0.1) is 0 Å². The zero-order valence-corrected chi connectivity index (χ0v) is 15.5. The topological polar surface area (TPSA) is 80.7 Å². The molecule has 3 aromatic rings. The number of fused-ring (bicyclic) bond motifs is 1. The molecule has 136 valence electrons. The van der Waals surface area contributed by atoms with Crippen molar-refractivity contribution in [3.8, 4) is 6.07 Å². The van der Waals surface area contributed by atoms with Crippen molar-refractivity contribution in [2.75, 3.05) is 11.9 Å². The van der Waals surface area contributed by atoms with Crippen LogP contribution < -0.4 is 10.6 Å². The van der Waals surface area contributed by atoms with Gasteiger partial charge >= 0.3 is 0 Å². The van der Waals surface area contributed by atoms with Gasteiger partial charge in [-0.1, -0.05) is 35.9 Å². The number of nitrogens with zero attached hydrogens (tertiary/aromatic N) is 1. The lowest BCUT2D eigenvalue weighted by Crippen LogP contribution is -2.18. The van der Waals surface area contributed by atoms with Crippen molar-refractivity contribution in [1.82, 2.24) is 10.3 Å². The summed E-state index contributed by atoms with van der Waals surface area (Å²) in [7, 11) is 0. The van der Waals surface area contributed by atoms with Gasteiger partial charge in [0.15, 0.2) is 0 Å². The molecule has 3 rings (SSSR count). The molecule has 1 heterocycles. The number of carbonyl (C=O) groups is 1. The third-order valence-electron chi connectivity index (χ3n) is 4.46. The number of aromatic nitrogens is 1. The summed E-state index contributed by atoms with van der Waals surface area (Å²) in [4.78, 5) is 15.6. The number of para-hydroxylation sites is 1. The van der Waals surface area contributed by atoms with E-state index in [1.165, 1.54) is 17.1 Å². The van der Waals surface area contributed by atoms with Gasteiger partial charge in [-0.15, -0.1) is 0 Å². The van der Waals surface area contributed by atoms with Crippen LogP contribution in [0.1, 0.15) is 16.7 Å². The number of benzene rings is 2. The summed E-state index contributed by atoms with van der Waals surface area (Å²) in [5.41, 5.74) is 5.16. The second kappa shape index (κ2) is 8.24. The van der Waals surface area contributed by atoms with Crippen molar-refractivity contribution in [2.45, 2.75) is 20.3 Å². The Kier molecular flexibility index (Phi) is 5.58. The Morgan fingerprint density at radius 2 is 2.04 bits per heavy atom. The first-order chi connectivity index (χ1) is 13.1. The van der Waals surface area contributed by atoms with Gasteiger partial charge in [0, 0.05) is 35.5 Å². The zero-order valence-electron chi connectivity index (χ0n) is 15.5. The Balaban J connectivity index is 1.59. The Labute approximate surface area is 158 Å². The first-order valence-electron chi connectivity index (χ1n) is 8.85. The van der Waals surface area contributed by atoms with E-state index in [0.29, 0.717) is 12.2 Å². The minimum absolute atomic E-state index is 0.0499. The van der Waals surface area contributed by atoms with E-state index in [9.17, 15) is 10.1 Å². The molecule has 5 nitrogen and oxygen atoms in total. The molecule has 1 amide bonds. The number of rotatable bonds is 6. The van der Waals surface area contributed by atoms with Gasteiger partial charge < -0.3 is 15.6 Å². The van der Waals surface area contributed by atoms with Crippen LogP contribution in [0.2, 0.25) is 0 Å². The lowest BCUT2D eigenvalue weighted by Gasteiger charge is -2.09. The summed E-state index contributed by atoms with van der Waals surface area (Å²) in [6.07, 6.45) is 4.26. The zero-order chi connectivity index (χ0) is 19.2. The molecule has 0 saturated carbocycles. The van der Waals surface area contributed by atoms with E-state index in [1.54, 1.807) is 0 Å². The minimum Gasteiger partial charge on any atom is -0.389 e. The van der Waals surface area contributed by atoms with E-state index in [-0.39, 0.29) is 5.57 Å². The number of nitriles is 1. The lowest BCUT2D eigenvalue weighted by atomic mass is 10.1. The van der Waals surface area contributed by atoms with Gasteiger partial charge in [-0.3, -0.25) is 4.79 Å². The number of hydrogen-bond acceptors (Lipinski definition) is 3. The molecule has 0 radical (unpaired) electrons. The van der Waals surface area contributed by atoms with Crippen LogP contribution in [-0.2, 0) is 11.2 Å². The maximum atomic E-state index is 12.3. The van der Waals surface area contributed by atoms with Crippen LogP contribution in [-0.4, -0.2) is 17.4 Å². The molecule has 5 heteroatoms. The van der Waals surface area contributed by atoms with E-state index < -0.39 is 5.91 Å². The molecule has 0 aliphatic rings. The Bertz CT molecular complexity index is 1040. The smallest absolute Gasteiger partial charge is 0.267 e. The highest BCUT2D eigenvalue weighted by Gasteiger charge is 2.10. The Morgan fingerprint density at radius 3 is 2.81 bits per heavy atom. The third-order valence-corrected chi connectivity index (χ3v) is 4.46. The predicted octanol–water partition coefficient (Wildman–Crippen LogP) is 3.96. The molecule has 2 aromatic carbocycles. The molecular formula is C22H22N4O. The molecule has 0 bridgehead atoms. The van der Waals surface area contributed by atoms with Crippen LogP contribution in [0.3, 0.4) is 0 Å². The van der Waals surface area contributed by atoms with Crippen molar-refractivity contribution in [2.24, 2.45) is 0 Å². The fourth-order valence-electron chi connectivity index (χ4n) is 3.01. The summed E-state index contributed by atoms with van der Waals surface area (Å²) < 4.78 is 0. The van der Waals surface area contributed by atoms with Gasteiger partial charge in [0.2, 0.25) is 0 Å². The SMILES string of the molecule is Cc1ccc(NC(=O)/C(C#N)=C\NCCc2c[nH]c3ccccc23)c(C)c1. The van der Waals surface area contributed by atoms with Gasteiger partial charge in [-0.25, -0.2) is 0 Å². The van der Waals surface area contributed by atoms with Crippen molar-refractivity contribution in [1.29, 1.82) is 5.26 Å². The Hall–Kier alpha value is -3.52. The van der Waals surface area contributed by atoms with Crippen LogP contribution in [0, 0.1) is 25.2 Å². The van der Waals surface area contributed by atoms with Gasteiger partial charge in [-0.2, -0.15) is 5.26 Å². The molecule has 1 aromatic heterocycles. The van der Waals surface area contributed by atoms with E-state index in [0.717, 1.165) is 23.1 Å². The van der Waals surface area contributed by atoms with E-state index in [1.807, 2.05) is 62.5 Å². The Morgan fingerprint density at radius 1 is 1.22 bits per heavy atom. The highest BCUT2D eigenvalue weighted by molar-refractivity contribution is 6.06. The van der Waals surface area contributed by atoms with Crippen molar-refractivity contribution in [3.05, 3.63) is 77.1 Å². The summed E-state index contributed by atoms with van der Waals surface area (Å²) >= 11 is 0. The van der Waals surface area contributed by atoms with Crippen LogP contribution in [0.4, 0.5) is 5.69 Å². The maximum absolute atomic E-state index is 12.3. The molecule has 0 fully saturated rings. The number of hydrogen-bond donors (Lipinski definition) is 3. The molecule has 0 unspecified atom stereocenters. The summed E-state index contributed by atoms with van der Waals surface area (Å²) in [5, 5.41) is 16.3. The molecule has 0 aliphatic heterocycles. The largest absolute Gasteiger partial charge is 0.389 e. The lowest BCUT2D eigenvalue weighted by molar-refractivity contribution is -0.112. The van der Waals surface area contributed by atoms with Crippen molar-refractivity contribution >= 4 is 22.5 Å². The standard InChI is InChI=1S/C22H22N4O/c1-15-7-8-20(16(2)11-15)26-22(27)18(12-23)13-24-10-9-17-14-25-21-6-4-3-5-19(17)21/h3-8,11,13-14,24-25H,9-10H2,1-2H3,(H,26,27)/b18-13-. The number of H-pyrrole nitrogens is 1. The highest BCUT2D eigenvalue weighted by atomic mass is 16.1. The second-order valence-electron chi connectivity index (χ2n) is 6.51. The number of aryl methyl sites for hydroxylation is 2. The molecule has 0 aliphatic carbocycles. The summed E-state index contributed by atoms with van der Waals surface area (Å²) in [6.45, 7) is 4.55. The van der Waals surface area contributed by atoms with Gasteiger partial charge in [0.1, 0.15) is 11.6 Å².